The second kappa shape index (κ2) is 16.5. The van der Waals surface area contributed by atoms with E-state index in [1.54, 1.807) is 100 Å². The molecule has 0 radical (unpaired) electrons. The molecule has 59 heavy (non-hydrogen) atoms. The summed E-state index contributed by atoms with van der Waals surface area (Å²) in [5, 5.41) is 6.51. The molecular formula is C45H38F2N4O8. The van der Waals surface area contributed by atoms with E-state index in [0.717, 1.165) is 10.8 Å². The second-order valence-electron chi connectivity index (χ2n) is 14.1. The lowest BCUT2D eigenvalue weighted by Crippen LogP contribution is -2.20. The summed E-state index contributed by atoms with van der Waals surface area (Å²) in [6.45, 7) is 7.17. The Balaban J connectivity index is 0.000000195. The van der Waals surface area contributed by atoms with E-state index in [0.29, 0.717) is 44.4 Å². The van der Waals surface area contributed by atoms with Crippen molar-refractivity contribution in [2.75, 3.05) is 0 Å². The number of pyridine rings is 2. The third-order valence-corrected chi connectivity index (χ3v) is 9.56. The topological polar surface area (TPSA) is 177 Å². The molecule has 12 nitrogen and oxygen atoms in total. The van der Waals surface area contributed by atoms with E-state index in [4.69, 9.17) is 9.47 Å². The van der Waals surface area contributed by atoms with E-state index in [-0.39, 0.29) is 53.5 Å². The number of aromatic amines is 2. The normalized spacial score (nSPS) is 15.3. The predicted octanol–water partition coefficient (Wildman–Crippen LogP) is 8.57. The lowest BCUT2D eigenvalue weighted by atomic mass is 9.94. The van der Waals surface area contributed by atoms with Crippen molar-refractivity contribution in [1.82, 2.24) is 20.6 Å². The highest BCUT2D eigenvalue weighted by Gasteiger charge is 2.33. The van der Waals surface area contributed by atoms with Crippen molar-refractivity contribution >= 4 is 56.7 Å². The summed E-state index contributed by atoms with van der Waals surface area (Å²) in [5.41, 5.74) is 2.56. The molecule has 2 fully saturated rings. The van der Waals surface area contributed by atoms with Crippen LogP contribution in [0.3, 0.4) is 0 Å². The zero-order valence-electron chi connectivity index (χ0n) is 31.4. The Kier molecular flexibility index (Phi) is 11.5. The number of nitrogens with one attached hydrogen (secondary N) is 4. The Morgan fingerprint density at radius 1 is 0.525 bits per heavy atom. The second-order valence-corrected chi connectivity index (χ2v) is 14.1. The highest BCUT2D eigenvalue weighted by molar-refractivity contribution is 6.12. The van der Waals surface area contributed by atoms with Gasteiger partial charge in [0, 0.05) is 44.4 Å². The minimum absolute atomic E-state index is 0. The predicted molar refractivity (Wildman–Crippen MR) is 219 cm³/mol. The van der Waals surface area contributed by atoms with Crippen LogP contribution in [0.2, 0.25) is 0 Å². The standard InChI is InChI=1S/2C22H17FN2O4.CH4/c2*1-11(2)18(19-21(27)25-22(28)29-19)14-8-9-17(24-20(14)26)13-7-6-12-4-3-5-16(23)15(12)10-13;/h2*3-11H,1-2H3,(H,24,26)(H,25,27,28);1H4/b19-18+;19-18-;. The molecule has 4 aromatic carbocycles. The van der Waals surface area contributed by atoms with Crippen LogP contribution in [0.5, 0.6) is 0 Å². The van der Waals surface area contributed by atoms with Crippen LogP contribution < -0.4 is 21.8 Å². The maximum absolute atomic E-state index is 14.1. The SMILES string of the molecule is C.CC(C)/C(=C1/OC(=O)NC1=O)c1ccc(-c2ccc3cccc(F)c3c2)[nH]c1=O.CC(C)/C(=C1\OC(=O)NC1=O)c1ccc(-c2ccc3cccc(F)c3c2)[nH]c1=O. The summed E-state index contributed by atoms with van der Waals surface area (Å²) in [5.74, 6) is -2.87. The van der Waals surface area contributed by atoms with E-state index >= 15 is 0 Å². The Morgan fingerprint density at radius 2 is 0.915 bits per heavy atom. The highest BCUT2D eigenvalue weighted by Crippen LogP contribution is 2.31. The van der Waals surface area contributed by atoms with E-state index in [1.165, 1.54) is 12.1 Å². The third-order valence-electron chi connectivity index (χ3n) is 9.56. The van der Waals surface area contributed by atoms with Gasteiger partial charge in [-0.1, -0.05) is 83.7 Å². The molecule has 2 saturated heterocycles. The molecule has 4 amide bonds. The zero-order chi connectivity index (χ0) is 41.4. The quantitative estimate of drug-likeness (QED) is 0.121. The number of H-pyrrole nitrogens is 2. The molecule has 300 valence electrons. The van der Waals surface area contributed by atoms with Gasteiger partial charge in [-0.2, -0.15) is 0 Å². The van der Waals surface area contributed by atoms with Crippen molar-refractivity contribution in [3.05, 3.63) is 152 Å². The Bertz CT molecular complexity index is 2710. The van der Waals surface area contributed by atoms with Crippen LogP contribution in [0.15, 0.2) is 118 Å². The first-order chi connectivity index (χ1) is 27.7. The number of carbonyl (C=O) groups is 4. The molecule has 2 aromatic heterocycles. The van der Waals surface area contributed by atoms with E-state index in [9.17, 15) is 37.5 Å². The van der Waals surface area contributed by atoms with Crippen LogP contribution in [0.1, 0.15) is 46.2 Å². The van der Waals surface area contributed by atoms with Crippen molar-refractivity contribution in [3.63, 3.8) is 0 Å². The molecule has 2 aliphatic rings. The lowest BCUT2D eigenvalue weighted by molar-refractivity contribution is -0.117. The van der Waals surface area contributed by atoms with E-state index in [1.807, 2.05) is 22.8 Å². The molecule has 8 rings (SSSR count). The highest BCUT2D eigenvalue weighted by atomic mass is 19.1. The first-order valence-corrected chi connectivity index (χ1v) is 18.1. The van der Waals surface area contributed by atoms with Gasteiger partial charge in [0.25, 0.3) is 22.9 Å². The monoisotopic (exact) mass is 800 g/mol. The molecule has 0 spiro atoms. The molecule has 6 aromatic rings. The number of halogens is 2. The molecule has 4 heterocycles. The number of carbonyl (C=O) groups excluding carboxylic acids is 4. The number of hydrogen-bond acceptors (Lipinski definition) is 8. The van der Waals surface area contributed by atoms with Gasteiger partial charge in [0.1, 0.15) is 11.6 Å². The smallest absolute Gasteiger partial charge is 0.404 e. The number of benzene rings is 4. The minimum atomic E-state index is -0.866. The number of aromatic nitrogens is 2. The van der Waals surface area contributed by atoms with Crippen molar-refractivity contribution in [2.45, 2.75) is 35.1 Å². The molecule has 0 aliphatic carbocycles. The molecule has 0 atom stereocenters. The molecular weight excluding hydrogens is 763 g/mol. The molecule has 0 saturated carbocycles. The van der Waals surface area contributed by atoms with Crippen molar-refractivity contribution in [3.8, 4) is 22.5 Å². The van der Waals surface area contributed by atoms with E-state index < -0.39 is 35.1 Å². The van der Waals surface area contributed by atoms with Gasteiger partial charge < -0.3 is 19.4 Å². The van der Waals surface area contributed by atoms with E-state index in [2.05, 4.69) is 9.97 Å². The number of cyclic esters (lactones) is 2. The Hall–Kier alpha value is -7.48. The first kappa shape index (κ1) is 41.2. The van der Waals surface area contributed by atoms with Gasteiger partial charge in [-0.15, -0.1) is 0 Å². The van der Waals surface area contributed by atoms with Gasteiger partial charge >= 0.3 is 12.2 Å². The summed E-state index contributed by atoms with van der Waals surface area (Å²) < 4.78 is 38.1. The summed E-state index contributed by atoms with van der Waals surface area (Å²) in [6.07, 6.45) is -1.73. The first-order valence-electron chi connectivity index (χ1n) is 18.1. The van der Waals surface area contributed by atoms with Crippen molar-refractivity contribution in [2.24, 2.45) is 11.8 Å². The van der Waals surface area contributed by atoms with Gasteiger partial charge in [-0.25, -0.2) is 18.4 Å². The number of allylic oxidation sites excluding steroid dienone is 2. The number of ether oxygens (including phenoxy) is 2. The third kappa shape index (κ3) is 8.19. The van der Waals surface area contributed by atoms with Gasteiger partial charge in [-0.3, -0.25) is 29.8 Å². The number of rotatable bonds is 6. The molecule has 0 bridgehead atoms. The lowest BCUT2D eigenvalue weighted by Gasteiger charge is -2.13. The van der Waals surface area contributed by atoms with Crippen molar-refractivity contribution < 1.29 is 37.4 Å². The average molecular weight is 801 g/mol. The van der Waals surface area contributed by atoms with Crippen LogP contribution in [-0.2, 0) is 19.1 Å². The molecule has 2 aliphatic heterocycles. The number of alkyl carbamates (subject to hydrolysis) is 2. The van der Waals surface area contributed by atoms with Crippen LogP contribution in [0, 0.1) is 23.5 Å². The van der Waals surface area contributed by atoms with Gasteiger partial charge in [0.05, 0.1) is 0 Å². The van der Waals surface area contributed by atoms with Gasteiger partial charge in [0.15, 0.2) is 0 Å². The summed E-state index contributed by atoms with van der Waals surface area (Å²) >= 11 is 0. The average Bonchev–Trinajstić information content (AvgIpc) is 3.70. The summed E-state index contributed by atoms with van der Waals surface area (Å²) in [7, 11) is 0. The molecule has 0 unspecified atom stereocenters. The largest absolute Gasteiger partial charge is 0.419 e. The van der Waals surface area contributed by atoms with Crippen molar-refractivity contribution in [1.29, 1.82) is 0 Å². The molecule has 14 heteroatoms. The number of imide groups is 2. The maximum Gasteiger partial charge on any atom is 0.419 e. The zero-order valence-corrected chi connectivity index (χ0v) is 31.4. The fourth-order valence-corrected chi connectivity index (χ4v) is 6.89. The molecule has 4 N–H and O–H groups in total. The number of fused-ring (bicyclic) bond motifs is 2. The maximum atomic E-state index is 14.1. The fourth-order valence-electron chi connectivity index (χ4n) is 6.89. The Morgan fingerprint density at radius 3 is 1.24 bits per heavy atom. The number of hydrogen-bond donors (Lipinski definition) is 4. The fraction of sp³-hybridized carbons (Fsp3) is 0.156. The van der Waals surface area contributed by atoms with Crippen LogP contribution in [0.25, 0.3) is 55.2 Å². The Labute approximate surface area is 335 Å². The van der Waals surface area contributed by atoms with Crippen LogP contribution >= 0.6 is 0 Å². The van der Waals surface area contributed by atoms with Gasteiger partial charge in [0.2, 0.25) is 11.5 Å². The summed E-state index contributed by atoms with van der Waals surface area (Å²) in [6, 6.07) is 26.6. The summed E-state index contributed by atoms with van der Waals surface area (Å²) in [4.78, 5) is 77.9. The van der Waals surface area contributed by atoms with Crippen LogP contribution in [-0.4, -0.2) is 34.0 Å². The minimum Gasteiger partial charge on any atom is -0.404 e. The van der Waals surface area contributed by atoms with Crippen LogP contribution in [0.4, 0.5) is 18.4 Å². The number of amides is 4. The van der Waals surface area contributed by atoms with Gasteiger partial charge in [-0.05, 0) is 82.3 Å².